The van der Waals surface area contributed by atoms with Gasteiger partial charge in [0, 0.05) is 5.02 Å². The van der Waals surface area contributed by atoms with E-state index < -0.39 is 23.7 Å². The summed E-state index contributed by atoms with van der Waals surface area (Å²) in [5, 5.41) is 10.6. The van der Waals surface area contributed by atoms with Crippen LogP contribution in [0.2, 0.25) is 5.02 Å². The summed E-state index contributed by atoms with van der Waals surface area (Å²) in [4.78, 5) is 0. The smallest absolute Gasteiger partial charge is 0.384 e. The Bertz CT molecular complexity index is 667. The van der Waals surface area contributed by atoms with Gasteiger partial charge >= 0.3 is 6.18 Å². The molecule has 1 nitrogen and oxygen atoms in total. The third-order valence-electron chi connectivity index (χ3n) is 3.11. The average molecular weight is 319 g/mol. The van der Waals surface area contributed by atoms with Crippen molar-refractivity contribution in [1.29, 1.82) is 0 Å². The molecule has 0 aliphatic rings. The van der Waals surface area contributed by atoms with Gasteiger partial charge in [-0.15, -0.1) is 0 Å². The van der Waals surface area contributed by atoms with Gasteiger partial charge in [-0.3, -0.25) is 0 Å². The molecule has 1 unspecified atom stereocenters. The van der Waals surface area contributed by atoms with Crippen LogP contribution in [0.5, 0.6) is 0 Å². The maximum Gasteiger partial charge on any atom is 0.419 e. The van der Waals surface area contributed by atoms with Crippen LogP contribution >= 0.6 is 11.6 Å². The summed E-state index contributed by atoms with van der Waals surface area (Å²) < 4.78 is 51.2. The highest BCUT2D eigenvalue weighted by Gasteiger charge is 2.34. The topological polar surface area (TPSA) is 20.2 Å². The first-order valence-electron chi connectivity index (χ1n) is 6.01. The highest BCUT2D eigenvalue weighted by atomic mass is 35.5. The van der Waals surface area contributed by atoms with Crippen molar-refractivity contribution in [3.63, 3.8) is 0 Å². The molecule has 2 rings (SSSR count). The van der Waals surface area contributed by atoms with Gasteiger partial charge in [-0.05, 0) is 41.8 Å². The number of hydrogen-bond acceptors (Lipinski definition) is 1. The fourth-order valence-electron chi connectivity index (χ4n) is 1.96. The van der Waals surface area contributed by atoms with Gasteiger partial charge in [0.05, 0.1) is 5.56 Å². The first-order chi connectivity index (χ1) is 9.70. The summed E-state index contributed by atoms with van der Waals surface area (Å²) in [6.07, 6.45) is -6.10. The minimum absolute atomic E-state index is 0.0366. The van der Waals surface area contributed by atoms with Gasteiger partial charge in [0.1, 0.15) is 11.9 Å². The van der Waals surface area contributed by atoms with Gasteiger partial charge in [0.2, 0.25) is 0 Å². The maximum atomic E-state index is 13.2. The van der Waals surface area contributed by atoms with Gasteiger partial charge in [-0.25, -0.2) is 4.39 Å². The number of alkyl halides is 3. The van der Waals surface area contributed by atoms with E-state index in [2.05, 4.69) is 0 Å². The van der Waals surface area contributed by atoms with Gasteiger partial charge in [0.15, 0.2) is 0 Å². The van der Waals surface area contributed by atoms with E-state index >= 15 is 0 Å². The van der Waals surface area contributed by atoms with Crippen LogP contribution in [0.4, 0.5) is 17.6 Å². The number of benzene rings is 2. The third kappa shape index (κ3) is 3.36. The SMILES string of the molecule is Cc1cc(C(O)c2ccc(F)c(C(F)(F)F)c2)ccc1Cl. The fraction of sp³-hybridized carbons (Fsp3) is 0.200. The van der Waals surface area contributed by atoms with E-state index in [-0.39, 0.29) is 5.56 Å². The van der Waals surface area contributed by atoms with Gasteiger partial charge in [0.25, 0.3) is 0 Å². The largest absolute Gasteiger partial charge is 0.419 e. The zero-order valence-electron chi connectivity index (χ0n) is 10.9. The highest BCUT2D eigenvalue weighted by molar-refractivity contribution is 6.31. The van der Waals surface area contributed by atoms with E-state index in [0.717, 1.165) is 6.07 Å². The molecule has 0 spiro atoms. The zero-order valence-corrected chi connectivity index (χ0v) is 11.6. The zero-order chi connectivity index (χ0) is 15.8. The Kier molecular flexibility index (Phi) is 4.25. The van der Waals surface area contributed by atoms with Crippen LogP contribution in [0.1, 0.15) is 28.4 Å². The van der Waals surface area contributed by atoms with E-state index in [0.29, 0.717) is 28.3 Å². The number of hydrogen-bond donors (Lipinski definition) is 1. The standard InChI is InChI=1S/C15H11ClF4O/c1-8-6-9(2-4-12(8)16)14(21)10-3-5-13(17)11(7-10)15(18,19)20/h2-7,14,21H,1H3. The summed E-state index contributed by atoms with van der Waals surface area (Å²) in [5.41, 5.74) is -0.363. The van der Waals surface area contributed by atoms with Crippen molar-refractivity contribution in [1.82, 2.24) is 0 Å². The molecule has 0 heterocycles. The average Bonchev–Trinajstić information content (AvgIpc) is 2.40. The van der Waals surface area contributed by atoms with Crippen molar-refractivity contribution in [3.05, 3.63) is 69.5 Å². The molecule has 0 aromatic heterocycles. The third-order valence-corrected chi connectivity index (χ3v) is 3.53. The van der Waals surface area contributed by atoms with Crippen molar-refractivity contribution in [2.24, 2.45) is 0 Å². The molecular formula is C15H11ClF4O. The first kappa shape index (κ1) is 15.8. The minimum Gasteiger partial charge on any atom is -0.384 e. The van der Waals surface area contributed by atoms with Crippen LogP contribution in [0.15, 0.2) is 36.4 Å². The molecule has 21 heavy (non-hydrogen) atoms. The normalized spacial score (nSPS) is 13.3. The second-order valence-electron chi connectivity index (χ2n) is 4.65. The monoisotopic (exact) mass is 318 g/mol. The first-order valence-corrected chi connectivity index (χ1v) is 6.38. The van der Waals surface area contributed by atoms with Crippen molar-refractivity contribution < 1.29 is 22.7 Å². The van der Waals surface area contributed by atoms with E-state index in [1.165, 1.54) is 6.07 Å². The van der Waals surface area contributed by atoms with Crippen LogP contribution < -0.4 is 0 Å². The van der Waals surface area contributed by atoms with E-state index in [4.69, 9.17) is 11.6 Å². The molecule has 1 N–H and O–H groups in total. The number of rotatable bonds is 2. The predicted molar refractivity (Wildman–Crippen MR) is 71.7 cm³/mol. The summed E-state index contributed by atoms with van der Waals surface area (Å²) in [6.45, 7) is 1.71. The lowest BCUT2D eigenvalue weighted by Crippen LogP contribution is -2.10. The molecular weight excluding hydrogens is 308 g/mol. The molecule has 0 aliphatic heterocycles. The molecule has 0 saturated carbocycles. The van der Waals surface area contributed by atoms with Crippen molar-refractivity contribution in [2.75, 3.05) is 0 Å². The van der Waals surface area contributed by atoms with E-state index in [1.807, 2.05) is 0 Å². The van der Waals surface area contributed by atoms with Crippen LogP contribution in [-0.4, -0.2) is 5.11 Å². The second-order valence-corrected chi connectivity index (χ2v) is 5.06. The van der Waals surface area contributed by atoms with Crippen molar-refractivity contribution >= 4 is 11.6 Å². The quantitative estimate of drug-likeness (QED) is 0.782. The van der Waals surface area contributed by atoms with Crippen LogP contribution in [0.25, 0.3) is 0 Å². The van der Waals surface area contributed by atoms with Gasteiger partial charge in [-0.1, -0.05) is 29.8 Å². The Morgan fingerprint density at radius 3 is 2.19 bits per heavy atom. The number of aliphatic hydroxyl groups is 1. The molecule has 0 aliphatic carbocycles. The number of aliphatic hydroxyl groups excluding tert-OH is 1. The molecule has 0 saturated heterocycles. The molecule has 0 amide bonds. The van der Waals surface area contributed by atoms with Crippen molar-refractivity contribution in [2.45, 2.75) is 19.2 Å². The summed E-state index contributed by atoms with van der Waals surface area (Å²) in [7, 11) is 0. The minimum atomic E-state index is -4.81. The molecule has 2 aromatic rings. The molecule has 0 radical (unpaired) electrons. The summed E-state index contributed by atoms with van der Waals surface area (Å²) in [5.74, 6) is -1.37. The molecule has 112 valence electrons. The molecule has 6 heteroatoms. The lowest BCUT2D eigenvalue weighted by molar-refractivity contribution is -0.140. The lowest BCUT2D eigenvalue weighted by atomic mass is 9.98. The Labute approximate surface area is 123 Å². The molecule has 2 aromatic carbocycles. The Morgan fingerprint density at radius 2 is 1.62 bits per heavy atom. The summed E-state index contributed by atoms with van der Waals surface area (Å²) in [6, 6.07) is 7.07. The maximum absolute atomic E-state index is 13.2. The van der Waals surface area contributed by atoms with Gasteiger partial charge in [-0.2, -0.15) is 13.2 Å². The van der Waals surface area contributed by atoms with Crippen LogP contribution in [-0.2, 0) is 6.18 Å². The summed E-state index contributed by atoms with van der Waals surface area (Å²) >= 11 is 5.86. The van der Waals surface area contributed by atoms with E-state index in [1.54, 1.807) is 19.1 Å². The van der Waals surface area contributed by atoms with Crippen LogP contribution in [0, 0.1) is 12.7 Å². The highest BCUT2D eigenvalue weighted by Crippen LogP contribution is 2.34. The van der Waals surface area contributed by atoms with Gasteiger partial charge < -0.3 is 5.11 Å². The number of aryl methyl sites for hydroxylation is 1. The van der Waals surface area contributed by atoms with E-state index in [9.17, 15) is 22.7 Å². The Balaban J connectivity index is 2.44. The Morgan fingerprint density at radius 1 is 1.05 bits per heavy atom. The second kappa shape index (κ2) is 5.66. The molecule has 0 fully saturated rings. The fourth-order valence-corrected chi connectivity index (χ4v) is 2.08. The molecule has 1 atom stereocenters. The predicted octanol–water partition coefficient (Wildman–Crippen LogP) is 4.89. The molecule has 0 bridgehead atoms. The van der Waals surface area contributed by atoms with Crippen LogP contribution in [0.3, 0.4) is 0 Å². The van der Waals surface area contributed by atoms with Crippen molar-refractivity contribution in [3.8, 4) is 0 Å². The lowest BCUT2D eigenvalue weighted by Gasteiger charge is -2.15. The number of halogens is 5. The Hall–Kier alpha value is -1.59.